The second-order valence-corrected chi connectivity index (χ2v) is 10.7. The highest BCUT2D eigenvalue weighted by atomic mass is 32.2. The zero-order chi connectivity index (χ0) is 25.0. The smallest absolute Gasteiger partial charge is 0.339 e. The number of aryl methyl sites for hydroxylation is 1. The van der Waals surface area contributed by atoms with Crippen molar-refractivity contribution in [1.29, 1.82) is 0 Å². The molecule has 1 N–H and O–H groups in total. The van der Waals surface area contributed by atoms with Gasteiger partial charge in [0.25, 0.3) is 0 Å². The number of benzene rings is 2. The number of fused-ring (bicyclic) bond motifs is 1. The van der Waals surface area contributed by atoms with E-state index in [1.165, 1.54) is 4.31 Å². The molecule has 2 aromatic carbocycles. The van der Waals surface area contributed by atoms with Crippen LogP contribution < -0.4 is 15.7 Å². The van der Waals surface area contributed by atoms with Crippen LogP contribution in [-0.2, 0) is 27.8 Å². The predicted octanol–water partition coefficient (Wildman–Crippen LogP) is 3.53. The summed E-state index contributed by atoms with van der Waals surface area (Å²) >= 11 is 0. The molecule has 1 saturated heterocycles. The molecule has 0 radical (unpaired) electrons. The van der Waals surface area contributed by atoms with Crippen molar-refractivity contribution in [3.63, 3.8) is 0 Å². The van der Waals surface area contributed by atoms with Gasteiger partial charge in [0.05, 0.1) is 12.0 Å². The average Bonchev–Trinajstić information content (AvgIpc) is 2.87. The molecule has 0 saturated carbocycles. The van der Waals surface area contributed by atoms with E-state index in [0.29, 0.717) is 35.5 Å². The Labute approximate surface area is 204 Å². The molecule has 1 fully saturated rings. The first-order valence-electron chi connectivity index (χ1n) is 11.8. The fourth-order valence-corrected chi connectivity index (χ4v) is 5.98. The third-order valence-corrected chi connectivity index (χ3v) is 8.33. The van der Waals surface area contributed by atoms with Gasteiger partial charge in [-0.15, -0.1) is 0 Å². The van der Waals surface area contributed by atoms with Crippen LogP contribution in [0.2, 0.25) is 0 Å². The van der Waals surface area contributed by atoms with Crippen molar-refractivity contribution in [2.24, 2.45) is 0 Å². The predicted molar refractivity (Wildman–Crippen MR) is 133 cm³/mol. The van der Waals surface area contributed by atoms with Gasteiger partial charge < -0.3 is 14.5 Å². The average molecular weight is 499 g/mol. The number of hydrogen-bond acceptors (Lipinski definition) is 6. The van der Waals surface area contributed by atoms with Gasteiger partial charge in [-0.3, -0.25) is 4.79 Å². The van der Waals surface area contributed by atoms with Gasteiger partial charge in [-0.05, 0) is 61.6 Å². The summed E-state index contributed by atoms with van der Waals surface area (Å²) in [6.07, 6.45) is 3.15. The van der Waals surface area contributed by atoms with E-state index < -0.39 is 15.6 Å². The number of nitrogens with one attached hydrogen (secondary N) is 1. The topological polar surface area (TPSA) is 106 Å². The van der Waals surface area contributed by atoms with Crippen molar-refractivity contribution < 1.29 is 22.4 Å². The van der Waals surface area contributed by atoms with Crippen molar-refractivity contribution in [1.82, 2.24) is 9.62 Å². The molecular formula is C26H30N2O6S. The van der Waals surface area contributed by atoms with Crippen LogP contribution in [0.5, 0.6) is 5.75 Å². The van der Waals surface area contributed by atoms with E-state index >= 15 is 0 Å². The maximum atomic E-state index is 12.9. The first-order valence-corrected chi connectivity index (χ1v) is 13.2. The highest BCUT2D eigenvalue weighted by Gasteiger charge is 2.26. The van der Waals surface area contributed by atoms with Gasteiger partial charge in [-0.25, -0.2) is 13.2 Å². The number of sulfonamides is 1. The minimum atomic E-state index is -3.53. The summed E-state index contributed by atoms with van der Waals surface area (Å²) in [7, 11) is -1.99. The lowest BCUT2D eigenvalue weighted by molar-refractivity contribution is -0.121. The molecule has 1 aliphatic heterocycles. The molecule has 9 heteroatoms. The van der Waals surface area contributed by atoms with Crippen molar-refractivity contribution in [2.75, 3.05) is 20.2 Å². The summed E-state index contributed by atoms with van der Waals surface area (Å²) in [5.41, 5.74) is 1.92. The van der Waals surface area contributed by atoms with Gasteiger partial charge in [0.1, 0.15) is 11.3 Å². The summed E-state index contributed by atoms with van der Waals surface area (Å²) in [6, 6.07) is 12.0. The Morgan fingerprint density at radius 1 is 1.11 bits per heavy atom. The van der Waals surface area contributed by atoms with Crippen LogP contribution >= 0.6 is 0 Å². The largest absolute Gasteiger partial charge is 0.497 e. The maximum Gasteiger partial charge on any atom is 0.339 e. The molecule has 0 spiro atoms. The Hall–Kier alpha value is -3.17. The summed E-state index contributed by atoms with van der Waals surface area (Å²) in [6.45, 7) is 3.12. The van der Waals surface area contributed by atoms with Gasteiger partial charge in [-0.1, -0.05) is 18.6 Å². The summed E-state index contributed by atoms with van der Waals surface area (Å²) < 4.78 is 38.0. The Morgan fingerprint density at radius 3 is 2.63 bits per heavy atom. The molecule has 0 atom stereocenters. The standard InChI is InChI=1S/C26H30N2O6S/c1-18-22-10-9-20(33-2)16-24(22)34-26(30)23(18)11-12-25(29)27-17-19-7-6-8-21(15-19)35(31,32)28-13-4-3-5-14-28/h6-10,15-16H,3-5,11-14,17H2,1-2H3,(H,27,29). The van der Waals surface area contributed by atoms with Gasteiger partial charge in [0, 0.05) is 43.1 Å². The molecule has 0 aliphatic carbocycles. The first kappa shape index (κ1) is 24.9. The number of carbonyl (C=O) groups excluding carboxylic acids is 1. The molecular weight excluding hydrogens is 468 g/mol. The number of piperidine rings is 1. The first-order chi connectivity index (χ1) is 16.8. The highest BCUT2D eigenvalue weighted by molar-refractivity contribution is 7.89. The monoisotopic (exact) mass is 498 g/mol. The summed E-state index contributed by atoms with van der Waals surface area (Å²) in [5.74, 6) is 0.364. The number of carbonyl (C=O) groups is 1. The van der Waals surface area contributed by atoms with Gasteiger partial charge >= 0.3 is 5.63 Å². The van der Waals surface area contributed by atoms with Crippen LogP contribution in [0.1, 0.15) is 42.4 Å². The number of amides is 1. The van der Waals surface area contributed by atoms with E-state index in [1.54, 1.807) is 43.5 Å². The third-order valence-electron chi connectivity index (χ3n) is 6.44. The van der Waals surface area contributed by atoms with Gasteiger partial charge in [0.2, 0.25) is 15.9 Å². The van der Waals surface area contributed by atoms with Gasteiger partial charge in [0.15, 0.2) is 0 Å². The highest BCUT2D eigenvalue weighted by Crippen LogP contribution is 2.25. The molecule has 1 aromatic heterocycles. The molecule has 35 heavy (non-hydrogen) atoms. The minimum absolute atomic E-state index is 0.110. The molecule has 2 heterocycles. The van der Waals surface area contributed by atoms with E-state index in [0.717, 1.165) is 30.2 Å². The van der Waals surface area contributed by atoms with E-state index in [4.69, 9.17) is 9.15 Å². The van der Waals surface area contributed by atoms with E-state index in [2.05, 4.69) is 5.32 Å². The lowest BCUT2D eigenvalue weighted by atomic mass is 10.0. The quantitative estimate of drug-likeness (QED) is 0.476. The number of ether oxygens (including phenoxy) is 1. The Morgan fingerprint density at radius 2 is 1.89 bits per heavy atom. The van der Waals surface area contributed by atoms with Crippen molar-refractivity contribution >= 4 is 26.9 Å². The number of nitrogens with zero attached hydrogens (tertiary/aromatic N) is 1. The molecule has 3 aromatic rings. The second-order valence-electron chi connectivity index (χ2n) is 8.74. The fourth-order valence-electron chi connectivity index (χ4n) is 4.39. The zero-order valence-corrected chi connectivity index (χ0v) is 20.8. The minimum Gasteiger partial charge on any atom is -0.497 e. The van der Waals surface area contributed by atoms with Crippen molar-refractivity contribution in [3.8, 4) is 5.75 Å². The summed E-state index contributed by atoms with van der Waals surface area (Å²) in [5, 5.41) is 3.62. The number of methoxy groups -OCH3 is 1. The molecule has 0 bridgehead atoms. The molecule has 186 valence electrons. The Bertz CT molecular complexity index is 1390. The number of rotatable bonds is 8. The van der Waals surface area contributed by atoms with Crippen LogP contribution in [0.3, 0.4) is 0 Å². The maximum absolute atomic E-state index is 12.9. The van der Waals surface area contributed by atoms with Crippen molar-refractivity contribution in [2.45, 2.75) is 50.5 Å². The Kier molecular flexibility index (Phi) is 7.57. The summed E-state index contributed by atoms with van der Waals surface area (Å²) in [4.78, 5) is 25.3. The molecule has 8 nitrogen and oxygen atoms in total. The third kappa shape index (κ3) is 5.57. The normalized spacial score (nSPS) is 14.7. The van der Waals surface area contributed by atoms with Crippen LogP contribution in [0.25, 0.3) is 11.0 Å². The fraction of sp³-hybridized carbons (Fsp3) is 0.385. The molecule has 4 rings (SSSR count). The lowest BCUT2D eigenvalue weighted by Crippen LogP contribution is -2.35. The zero-order valence-electron chi connectivity index (χ0n) is 20.0. The van der Waals surface area contributed by atoms with E-state index in [-0.39, 0.29) is 30.2 Å². The second kappa shape index (κ2) is 10.6. The Balaban J connectivity index is 1.39. The van der Waals surface area contributed by atoms with E-state index in [1.807, 2.05) is 13.0 Å². The molecule has 1 amide bonds. The SMILES string of the molecule is COc1ccc2c(C)c(CCC(=O)NCc3cccc(S(=O)(=O)N4CCCCC4)c3)c(=O)oc2c1. The lowest BCUT2D eigenvalue weighted by Gasteiger charge is -2.26. The molecule has 1 aliphatic rings. The van der Waals surface area contributed by atoms with Crippen LogP contribution in [0.4, 0.5) is 0 Å². The van der Waals surface area contributed by atoms with Crippen LogP contribution in [0.15, 0.2) is 56.6 Å². The number of hydrogen-bond donors (Lipinski definition) is 1. The molecule has 0 unspecified atom stereocenters. The van der Waals surface area contributed by atoms with Crippen LogP contribution in [0, 0.1) is 6.92 Å². The van der Waals surface area contributed by atoms with Crippen LogP contribution in [-0.4, -0.2) is 38.8 Å². The van der Waals surface area contributed by atoms with Crippen molar-refractivity contribution in [3.05, 3.63) is 69.6 Å². The van der Waals surface area contributed by atoms with E-state index in [9.17, 15) is 18.0 Å². The van der Waals surface area contributed by atoms with Gasteiger partial charge in [-0.2, -0.15) is 4.31 Å².